The molecule has 9 heteroatoms. The van der Waals surface area contributed by atoms with Crippen molar-refractivity contribution in [3.63, 3.8) is 0 Å². The molecule has 0 spiro atoms. The molecule has 42 heavy (non-hydrogen) atoms. The third-order valence-corrected chi connectivity index (χ3v) is 7.40. The summed E-state index contributed by atoms with van der Waals surface area (Å²) in [5.41, 5.74) is 2.73. The van der Waals surface area contributed by atoms with Gasteiger partial charge in [0.2, 0.25) is 0 Å². The summed E-state index contributed by atoms with van der Waals surface area (Å²) >= 11 is 0. The van der Waals surface area contributed by atoms with Crippen LogP contribution >= 0.6 is 0 Å². The minimum Gasteiger partial charge on any atom is -0.493 e. The second-order valence-corrected chi connectivity index (χ2v) is 11.5. The van der Waals surface area contributed by atoms with E-state index in [-0.39, 0.29) is 12.3 Å². The van der Waals surface area contributed by atoms with E-state index in [1.54, 1.807) is 39.0 Å². The average Bonchev–Trinajstić information content (AvgIpc) is 2.94. The smallest absolute Gasteiger partial charge is 0.339 e. The van der Waals surface area contributed by atoms with Gasteiger partial charge in [-0.25, -0.2) is 13.6 Å². The lowest BCUT2D eigenvalue weighted by molar-refractivity contribution is -0.161. The molecule has 0 saturated carbocycles. The number of carbonyl (C=O) groups is 1. The van der Waals surface area contributed by atoms with E-state index >= 15 is 0 Å². The fourth-order valence-electron chi connectivity index (χ4n) is 5.45. The molecule has 7 nitrogen and oxygen atoms in total. The maximum absolute atomic E-state index is 13.8. The summed E-state index contributed by atoms with van der Waals surface area (Å²) in [4.78, 5) is 26.5. The van der Waals surface area contributed by atoms with Crippen LogP contribution in [0, 0.1) is 18.6 Å². The molecule has 3 aromatic carbocycles. The molecule has 0 amide bonds. The summed E-state index contributed by atoms with van der Waals surface area (Å²) in [5.74, 6) is -2.00. The molecule has 1 aromatic heterocycles. The normalized spacial score (nSPS) is 13.9. The van der Waals surface area contributed by atoms with Crippen molar-refractivity contribution >= 4 is 16.7 Å². The van der Waals surface area contributed by atoms with E-state index < -0.39 is 34.9 Å². The highest BCUT2D eigenvalue weighted by Crippen LogP contribution is 2.42. The number of carboxylic acid groups (broad SMARTS) is 1. The van der Waals surface area contributed by atoms with Crippen molar-refractivity contribution in [2.45, 2.75) is 58.8 Å². The molecule has 220 valence electrons. The number of hydrogen-bond acceptors (Lipinski definition) is 5. The lowest BCUT2D eigenvalue weighted by Gasteiger charge is -2.29. The number of ether oxygens (including phenoxy) is 3. The quantitative estimate of drug-likeness (QED) is 0.265. The number of aliphatic carboxylic acids is 1. The Labute approximate surface area is 242 Å². The Kier molecular flexibility index (Phi) is 7.81. The van der Waals surface area contributed by atoms with E-state index in [9.17, 15) is 23.5 Å². The highest BCUT2D eigenvalue weighted by Gasteiger charge is 2.34. The maximum Gasteiger partial charge on any atom is 0.339 e. The largest absolute Gasteiger partial charge is 0.493 e. The number of nitrogens with zero attached hydrogens (tertiary/aromatic N) is 1. The molecule has 1 aliphatic rings. The zero-order valence-corrected chi connectivity index (χ0v) is 24.2. The van der Waals surface area contributed by atoms with Gasteiger partial charge in [0.15, 0.2) is 17.7 Å². The van der Waals surface area contributed by atoms with Crippen molar-refractivity contribution in [3.05, 3.63) is 92.9 Å². The van der Waals surface area contributed by atoms with E-state index in [4.69, 9.17) is 14.2 Å². The topological polar surface area (TPSA) is 87.0 Å². The van der Waals surface area contributed by atoms with Crippen LogP contribution in [0.25, 0.3) is 21.9 Å². The van der Waals surface area contributed by atoms with Gasteiger partial charge in [-0.2, -0.15) is 0 Å². The molecular weight excluding hydrogens is 544 g/mol. The van der Waals surface area contributed by atoms with Crippen molar-refractivity contribution in [1.29, 1.82) is 0 Å². The second-order valence-electron chi connectivity index (χ2n) is 11.5. The Hall–Kier alpha value is -4.24. The molecule has 0 saturated heterocycles. The Morgan fingerprint density at radius 1 is 1.07 bits per heavy atom. The Bertz CT molecular complexity index is 1750. The summed E-state index contributed by atoms with van der Waals surface area (Å²) in [6.45, 7) is 7.86. The molecule has 0 radical (unpaired) electrons. The Morgan fingerprint density at radius 2 is 1.83 bits per heavy atom. The highest BCUT2D eigenvalue weighted by atomic mass is 19.2. The lowest BCUT2D eigenvalue weighted by Crippen LogP contribution is -2.33. The van der Waals surface area contributed by atoms with E-state index in [1.165, 1.54) is 17.7 Å². The molecule has 1 N–H and O–H groups in total. The van der Waals surface area contributed by atoms with Gasteiger partial charge < -0.3 is 23.9 Å². The molecule has 0 unspecified atom stereocenters. The van der Waals surface area contributed by atoms with E-state index in [0.717, 1.165) is 47.4 Å². The van der Waals surface area contributed by atoms with Gasteiger partial charge in [-0.15, -0.1) is 0 Å². The predicted molar refractivity (Wildman–Crippen MR) is 155 cm³/mol. The molecule has 1 aliphatic heterocycles. The van der Waals surface area contributed by atoms with Gasteiger partial charge in [-0.05, 0) is 105 Å². The predicted octanol–water partition coefficient (Wildman–Crippen LogP) is 6.64. The highest BCUT2D eigenvalue weighted by molar-refractivity contribution is 6.00. The van der Waals surface area contributed by atoms with Gasteiger partial charge in [-0.3, -0.25) is 4.79 Å². The molecular formula is C33H33F2NO6. The van der Waals surface area contributed by atoms with Crippen LogP contribution in [0.3, 0.4) is 0 Å². The summed E-state index contributed by atoms with van der Waals surface area (Å²) in [7, 11) is 1.54. The van der Waals surface area contributed by atoms with Crippen LogP contribution in [0.2, 0.25) is 0 Å². The standard InChI is InChI=1S/C33H33F2NO6/c1-18-21-7-6-14-40-27(21)13-11-22(18)28-23-10-9-20(41-17-19-8-12-25(34)26(35)15-19)16-24(23)31(37)36(5)29(28)30(32(38)39)42-33(2,3)4/h8-13,15-16,30H,6-7,14,17H2,1-5H3,(H,38,39)/t30-/m0/s1. The first-order chi connectivity index (χ1) is 19.9. The second kappa shape index (κ2) is 11.2. The van der Waals surface area contributed by atoms with Crippen molar-refractivity contribution < 1.29 is 32.9 Å². The molecule has 5 rings (SSSR count). The first-order valence-corrected chi connectivity index (χ1v) is 13.8. The molecule has 0 fully saturated rings. The van der Waals surface area contributed by atoms with Gasteiger partial charge in [0, 0.05) is 12.6 Å². The Balaban J connectivity index is 1.72. The minimum atomic E-state index is -1.43. The maximum atomic E-state index is 13.8. The monoisotopic (exact) mass is 577 g/mol. The van der Waals surface area contributed by atoms with Gasteiger partial charge in [0.1, 0.15) is 18.1 Å². The molecule has 2 heterocycles. The van der Waals surface area contributed by atoms with E-state index in [1.807, 2.05) is 19.1 Å². The molecule has 4 aromatic rings. The zero-order chi connectivity index (χ0) is 30.3. The fraction of sp³-hybridized carbons (Fsp3) is 0.333. The first-order valence-electron chi connectivity index (χ1n) is 13.8. The van der Waals surface area contributed by atoms with Crippen LogP contribution < -0.4 is 15.0 Å². The van der Waals surface area contributed by atoms with Gasteiger partial charge in [0.05, 0.1) is 23.3 Å². The van der Waals surface area contributed by atoms with Crippen molar-refractivity contribution in [3.8, 4) is 22.6 Å². The summed E-state index contributed by atoms with van der Waals surface area (Å²) in [6.07, 6.45) is 0.247. The summed E-state index contributed by atoms with van der Waals surface area (Å²) < 4.78 is 46.1. The third kappa shape index (κ3) is 5.61. The minimum absolute atomic E-state index is 0.0432. The molecule has 0 bridgehead atoms. The lowest BCUT2D eigenvalue weighted by atomic mass is 9.88. The fourth-order valence-corrected chi connectivity index (χ4v) is 5.45. The van der Waals surface area contributed by atoms with Crippen LogP contribution in [0.1, 0.15) is 55.7 Å². The number of halogens is 2. The number of pyridine rings is 1. The number of aromatic nitrogens is 1. The number of benzene rings is 3. The number of carboxylic acids is 1. The molecule has 1 atom stereocenters. The Morgan fingerprint density at radius 3 is 2.52 bits per heavy atom. The zero-order valence-electron chi connectivity index (χ0n) is 24.2. The number of rotatable bonds is 7. The SMILES string of the molecule is Cc1c(-c2c([C@H](OC(C)(C)C)C(=O)O)n(C)c(=O)c3cc(OCc4ccc(F)c(F)c4)ccc23)ccc2c1CCCO2. The summed E-state index contributed by atoms with van der Waals surface area (Å²) in [5, 5.41) is 11.2. The van der Waals surface area contributed by atoms with Crippen molar-refractivity contribution in [2.24, 2.45) is 7.05 Å². The van der Waals surface area contributed by atoms with Crippen molar-refractivity contribution in [2.75, 3.05) is 6.61 Å². The number of hydrogen-bond donors (Lipinski definition) is 1. The van der Waals surface area contributed by atoms with Gasteiger partial charge >= 0.3 is 5.97 Å². The van der Waals surface area contributed by atoms with Crippen LogP contribution in [0.4, 0.5) is 8.78 Å². The van der Waals surface area contributed by atoms with Crippen molar-refractivity contribution in [1.82, 2.24) is 4.57 Å². The van der Waals surface area contributed by atoms with Gasteiger partial charge in [-0.1, -0.05) is 12.1 Å². The van der Waals surface area contributed by atoms with Crippen LogP contribution in [0.5, 0.6) is 11.5 Å². The van der Waals surface area contributed by atoms with E-state index in [0.29, 0.717) is 34.3 Å². The van der Waals surface area contributed by atoms with Crippen LogP contribution in [0.15, 0.2) is 53.3 Å². The third-order valence-electron chi connectivity index (χ3n) is 7.40. The molecule has 0 aliphatic carbocycles. The van der Waals surface area contributed by atoms with Crippen LogP contribution in [-0.4, -0.2) is 27.9 Å². The van der Waals surface area contributed by atoms with Gasteiger partial charge in [0.25, 0.3) is 5.56 Å². The summed E-state index contributed by atoms with van der Waals surface area (Å²) in [6, 6.07) is 12.3. The number of fused-ring (bicyclic) bond motifs is 2. The first kappa shape index (κ1) is 29.3. The van der Waals surface area contributed by atoms with Crippen LogP contribution in [-0.2, 0) is 29.6 Å². The van der Waals surface area contributed by atoms with E-state index in [2.05, 4.69) is 0 Å². The average molecular weight is 578 g/mol.